The number of aryl methyl sites for hydroxylation is 2. The number of hydrogen-bond donors (Lipinski definition) is 0. The first kappa shape index (κ1) is 25.4. The Hall–Kier alpha value is -3.74. The second kappa shape index (κ2) is 11.8. The highest BCUT2D eigenvalue weighted by Gasteiger charge is 2.25. The van der Waals surface area contributed by atoms with E-state index in [2.05, 4.69) is 43.0 Å². The highest BCUT2D eigenvalue weighted by Crippen LogP contribution is 2.28. The molecule has 1 fully saturated rings. The second-order valence-electron chi connectivity index (χ2n) is 9.14. The van der Waals surface area contributed by atoms with Crippen LogP contribution >= 0.6 is 0 Å². The Balaban J connectivity index is 1.56. The van der Waals surface area contributed by atoms with Crippen LogP contribution in [0.3, 0.4) is 0 Å². The van der Waals surface area contributed by atoms with Crippen LogP contribution in [0.15, 0.2) is 54.6 Å². The van der Waals surface area contributed by atoms with Gasteiger partial charge in [-0.2, -0.15) is 0 Å². The van der Waals surface area contributed by atoms with Gasteiger partial charge in [0, 0.05) is 55.8 Å². The fraction of sp³-hybridized carbons (Fsp3) is 0.379. The molecule has 0 spiro atoms. The van der Waals surface area contributed by atoms with Crippen LogP contribution < -0.4 is 4.90 Å². The monoisotopic (exact) mass is 486 g/mol. The van der Waals surface area contributed by atoms with E-state index in [1.165, 1.54) is 11.1 Å². The molecule has 1 aliphatic heterocycles. The van der Waals surface area contributed by atoms with Crippen molar-refractivity contribution in [2.45, 2.75) is 40.0 Å². The number of ether oxygens (including phenoxy) is 1. The van der Waals surface area contributed by atoms with E-state index in [1.807, 2.05) is 35.2 Å². The average molecular weight is 487 g/mol. The predicted molar refractivity (Wildman–Crippen MR) is 141 cm³/mol. The van der Waals surface area contributed by atoms with Crippen molar-refractivity contribution in [3.05, 3.63) is 77.0 Å². The van der Waals surface area contributed by atoms with E-state index in [1.54, 1.807) is 6.92 Å². The molecule has 2 heterocycles. The van der Waals surface area contributed by atoms with Gasteiger partial charge in [-0.3, -0.25) is 9.59 Å². The van der Waals surface area contributed by atoms with Crippen molar-refractivity contribution in [3.8, 4) is 11.4 Å². The summed E-state index contributed by atoms with van der Waals surface area (Å²) >= 11 is 0. The number of benzene rings is 2. The summed E-state index contributed by atoms with van der Waals surface area (Å²) in [6.45, 7) is 8.76. The fourth-order valence-corrected chi connectivity index (χ4v) is 4.53. The third-order valence-corrected chi connectivity index (χ3v) is 6.47. The molecule has 188 valence electrons. The summed E-state index contributed by atoms with van der Waals surface area (Å²) in [6.07, 6.45) is 1.05. The largest absolute Gasteiger partial charge is 0.466 e. The van der Waals surface area contributed by atoms with Crippen LogP contribution in [0.5, 0.6) is 0 Å². The maximum Gasteiger partial charge on any atom is 0.306 e. The van der Waals surface area contributed by atoms with Gasteiger partial charge in [0.25, 0.3) is 0 Å². The molecule has 1 saturated heterocycles. The molecule has 0 radical (unpaired) electrons. The van der Waals surface area contributed by atoms with Gasteiger partial charge in [-0.25, -0.2) is 9.97 Å². The average Bonchev–Trinajstić information content (AvgIpc) is 2.89. The number of amides is 1. The zero-order valence-electron chi connectivity index (χ0n) is 21.4. The zero-order valence-corrected chi connectivity index (χ0v) is 21.4. The molecule has 4 rings (SSSR count). The number of carbonyl (C=O) groups excluding carboxylic acids is 2. The van der Waals surface area contributed by atoms with Gasteiger partial charge < -0.3 is 14.5 Å². The molecule has 1 amide bonds. The Bertz CT molecular complexity index is 1200. The lowest BCUT2D eigenvalue weighted by atomic mass is 10.0. The normalized spacial score (nSPS) is 13.5. The summed E-state index contributed by atoms with van der Waals surface area (Å²) < 4.78 is 4.95. The summed E-state index contributed by atoms with van der Waals surface area (Å²) in [5, 5.41) is 0. The SMILES string of the molecule is CCOC(=O)CCC(=O)N1CCN(c2nc(-c3cccc(C)c3)nc(C)c2Cc2ccccc2)CC1. The van der Waals surface area contributed by atoms with Crippen LogP contribution in [0.4, 0.5) is 5.82 Å². The smallest absolute Gasteiger partial charge is 0.306 e. The lowest BCUT2D eigenvalue weighted by molar-refractivity contribution is -0.145. The van der Waals surface area contributed by atoms with Crippen LogP contribution in [0, 0.1) is 13.8 Å². The zero-order chi connectivity index (χ0) is 25.5. The first-order valence-electron chi connectivity index (χ1n) is 12.6. The third-order valence-electron chi connectivity index (χ3n) is 6.47. The third kappa shape index (κ3) is 6.27. The van der Waals surface area contributed by atoms with Crippen molar-refractivity contribution in [1.82, 2.24) is 14.9 Å². The Labute approximate surface area is 213 Å². The van der Waals surface area contributed by atoms with Gasteiger partial charge in [-0.1, -0.05) is 54.1 Å². The Morgan fingerprint density at radius 1 is 0.917 bits per heavy atom. The lowest BCUT2D eigenvalue weighted by Crippen LogP contribution is -2.49. The molecular weight excluding hydrogens is 452 g/mol. The van der Waals surface area contributed by atoms with Crippen molar-refractivity contribution in [2.24, 2.45) is 0 Å². The van der Waals surface area contributed by atoms with Crippen molar-refractivity contribution < 1.29 is 14.3 Å². The summed E-state index contributed by atoms with van der Waals surface area (Å²) in [4.78, 5) is 38.4. The van der Waals surface area contributed by atoms with E-state index in [0.717, 1.165) is 34.9 Å². The summed E-state index contributed by atoms with van der Waals surface area (Å²) in [6, 6.07) is 18.6. The maximum atomic E-state index is 12.7. The molecule has 36 heavy (non-hydrogen) atoms. The van der Waals surface area contributed by atoms with Crippen molar-refractivity contribution in [3.63, 3.8) is 0 Å². The molecule has 2 aromatic carbocycles. The molecular formula is C29H34N4O3. The number of carbonyl (C=O) groups is 2. The molecule has 7 heteroatoms. The van der Waals surface area contributed by atoms with Crippen molar-refractivity contribution >= 4 is 17.7 Å². The van der Waals surface area contributed by atoms with E-state index >= 15 is 0 Å². The number of esters is 1. The quantitative estimate of drug-likeness (QED) is 0.441. The van der Waals surface area contributed by atoms with E-state index in [4.69, 9.17) is 14.7 Å². The molecule has 0 aliphatic carbocycles. The van der Waals surface area contributed by atoms with Gasteiger partial charge in [0.1, 0.15) is 5.82 Å². The summed E-state index contributed by atoms with van der Waals surface area (Å²) in [5.74, 6) is 1.32. The Morgan fingerprint density at radius 2 is 1.67 bits per heavy atom. The van der Waals surface area contributed by atoms with Crippen LogP contribution in [-0.2, 0) is 20.7 Å². The minimum absolute atomic E-state index is 0.00784. The predicted octanol–water partition coefficient (Wildman–Crippen LogP) is 4.34. The molecule has 0 atom stereocenters. The number of rotatable bonds is 8. The molecule has 0 N–H and O–H groups in total. The topological polar surface area (TPSA) is 75.6 Å². The standard InChI is InChI=1S/C29H34N4O3/c1-4-36-27(35)14-13-26(34)32-15-17-33(18-16-32)29-25(20-23-10-6-5-7-11-23)22(3)30-28(31-29)24-12-8-9-21(2)19-24/h5-12,19H,4,13-18,20H2,1-3H3. The number of nitrogens with zero attached hydrogens (tertiary/aromatic N) is 4. The highest BCUT2D eigenvalue weighted by atomic mass is 16.5. The van der Waals surface area contributed by atoms with Crippen LogP contribution in [0.2, 0.25) is 0 Å². The lowest BCUT2D eigenvalue weighted by Gasteiger charge is -2.36. The fourth-order valence-electron chi connectivity index (χ4n) is 4.53. The molecule has 0 unspecified atom stereocenters. The van der Waals surface area contributed by atoms with Gasteiger partial charge in [0.05, 0.1) is 13.0 Å². The van der Waals surface area contributed by atoms with Gasteiger partial charge in [-0.15, -0.1) is 0 Å². The molecule has 0 bridgehead atoms. The van der Waals surface area contributed by atoms with Crippen molar-refractivity contribution in [1.29, 1.82) is 0 Å². The number of anilines is 1. The number of hydrogen-bond acceptors (Lipinski definition) is 6. The van der Waals surface area contributed by atoms with Gasteiger partial charge >= 0.3 is 5.97 Å². The van der Waals surface area contributed by atoms with Crippen LogP contribution in [0.25, 0.3) is 11.4 Å². The first-order chi connectivity index (χ1) is 17.4. The molecule has 1 aliphatic rings. The van der Waals surface area contributed by atoms with Gasteiger partial charge in [-0.05, 0) is 32.4 Å². The van der Waals surface area contributed by atoms with E-state index in [-0.39, 0.29) is 24.7 Å². The second-order valence-corrected chi connectivity index (χ2v) is 9.14. The van der Waals surface area contributed by atoms with Gasteiger partial charge in [0.15, 0.2) is 5.82 Å². The summed E-state index contributed by atoms with van der Waals surface area (Å²) in [5.41, 5.74) is 5.45. The summed E-state index contributed by atoms with van der Waals surface area (Å²) in [7, 11) is 0. The molecule has 7 nitrogen and oxygen atoms in total. The van der Waals surface area contributed by atoms with Gasteiger partial charge in [0.2, 0.25) is 5.91 Å². The molecule has 3 aromatic rings. The molecule has 1 aromatic heterocycles. The molecule has 0 saturated carbocycles. The minimum Gasteiger partial charge on any atom is -0.466 e. The number of aromatic nitrogens is 2. The van der Waals surface area contributed by atoms with E-state index in [0.29, 0.717) is 32.8 Å². The minimum atomic E-state index is -0.324. The first-order valence-corrected chi connectivity index (χ1v) is 12.6. The van der Waals surface area contributed by atoms with E-state index in [9.17, 15) is 9.59 Å². The maximum absolute atomic E-state index is 12.7. The Morgan fingerprint density at radius 3 is 2.36 bits per heavy atom. The number of piperazine rings is 1. The highest BCUT2D eigenvalue weighted by molar-refractivity contribution is 5.81. The van der Waals surface area contributed by atoms with Crippen molar-refractivity contribution in [2.75, 3.05) is 37.7 Å². The van der Waals surface area contributed by atoms with Crippen LogP contribution in [0.1, 0.15) is 42.1 Å². The van der Waals surface area contributed by atoms with Crippen LogP contribution in [-0.4, -0.2) is 59.5 Å². The van der Waals surface area contributed by atoms with E-state index < -0.39 is 0 Å². The Kier molecular flexibility index (Phi) is 8.31.